The van der Waals surface area contributed by atoms with E-state index in [1.807, 2.05) is 0 Å². The van der Waals surface area contributed by atoms with Crippen molar-refractivity contribution >= 4 is 11.9 Å². The molecule has 0 saturated carbocycles. The molecule has 0 aromatic rings. The van der Waals surface area contributed by atoms with Crippen molar-refractivity contribution in [2.45, 2.75) is 213 Å². The number of carbonyl (C=O) groups is 2. The molecule has 0 aliphatic carbocycles. The number of hydrogen-bond donors (Lipinski definition) is 0. The fourth-order valence-corrected chi connectivity index (χ4v) is 6.17. The minimum Gasteiger partial charge on any atom is -0.550 e. The third-order valence-electron chi connectivity index (χ3n) is 8.93. The smallest absolute Gasteiger partial charge is 0.0479 e. The van der Waals surface area contributed by atoms with E-state index in [4.69, 9.17) is 0 Å². The highest BCUT2D eigenvalue weighted by atomic mass is 16.4. The number of unbranched alkanes of at least 4 members (excludes halogenated alkanes) is 26. The second-order valence-electron chi connectivity index (χ2n) is 12.8. The monoisotopic (exact) mass is 565 g/mol. The zero-order valence-corrected chi connectivity index (χ0v) is 27.1. The van der Waals surface area contributed by atoms with Crippen LogP contribution in [0.2, 0.25) is 0 Å². The van der Waals surface area contributed by atoms with E-state index in [2.05, 4.69) is 13.8 Å². The van der Waals surface area contributed by atoms with Crippen molar-refractivity contribution in [2.75, 3.05) is 0 Å². The van der Waals surface area contributed by atoms with Gasteiger partial charge in [-0.3, -0.25) is 0 Å². The van der Waals surface area contributed by atoms with Crippen LogP contribution in [0.25, 0.3) is 0 Å². The van der Waals surface area contributed by atoms with Crippen LogP contribution in [-0.2, 0) is 9.59 Å². The van der Waals surface area contributed by atoms with Gasteiger partial charge in [-0.1, -0.05) is 194 Å². The number of rotatable bonds is 33. The maximum atomic E-state index is 12.1. The fraction of sp³-hybridized carbons (Fsp3) is 0.944. The summed E-state index contributed by atoms with van der Waals surface area (Å²) in [7, 11) is 0. The van der Waals surface area contributed by atoms with Crippen LogP contribution in [0, 0.1) is 5.41 Å². The first kappa shape index (κ1) is 38.9. The molecule has 0 saturated heterocycles. The third-order valence-corrected chi connectivity index (χ3v) is 8.93. The molecule has 0 spiro atoms. The van der Waals surface area contributed by atoms with Gasteiger partial charge < -0.3 is 19.8 Å². The van der Waals surface area contributed by atoms with Crippen molar-refractivity contribution in [3.63, 3.8) is 0 Å². The van der Waals surface area contributed by atoms with Gasteiger partial charge in [-0.05, 0) is 19.3 Å². The Bertz CT molecular complexity index is 527. The Morgan fingerprint density at radius 1 is 0.400 bits per heavy atom. The van der Waals surface area contributed by atoms with Crippen LogP contribution in [0.1, 0.15) is 213 Å². The highest BCUT2D eigenvalue weighted by Crippen LogP contribution is 2.35. The molecule has 0 aliphatic rings. The van der Waals surface area contributed by atoms with Gasteiger partial charge in [-0.15, -0.1) is 0 Å². The topological polar surface area (TPSA) is 80.3 Å². The lowest BCUT2D eigenvalue weighted by Gasteiger charge is -2.35. The summed E-state index contributed by atoms with van der Waals surface area (Å²) in [5, 5.41) is 23.5. The molecule has 0 fully saturated rings. The lowest BCUT2D eigenvalue weighted by molar-refractivity contribution is -0.329. The van der Waals surface area contributed by atoms with Gasteiger partial charge in [-0.25, -0.2) is 0 Å². The summed E-state index contributed by atoms with van der Waals surface area (Å²) < 4.78 is 0. The molecule has 0 rings (SSSR count). The predicted molar refractivity (Wildman–Crippen MR) is 167 cm³/mol. The van der Waals surface area contributed by atoms with Gasteiger partial charge in [0.25, 0.3) is 0 Å². The summed E-state index contributed by atoms with van der Waals surface area (Å²) in [6, 6.07) is 0. The van der Waals surface area contributed by atoms with Crippen molar-refractivity contribution < 1.29 is 19.8 Å². The van der Waals surface area contributed by atoms with E-state index in [1.165, 1.54) is 141 Å². The Morgan fingerprint density at radius 2 is 0.625 bits per heavy atom. The molecule has 0 heterocycles. The first-order chi connectivity index (χ1) is 19.5. The molecule has 4 nitrogen and oxygen atoms in total. The van der Waals surface area contributed by atoms with E-state index in [-0.39, 0.29) is 0 Å². The van der Waals surface area contributed by atoms with Gasteiger partial charge in [0.1, 0.15) is 0 Å². The molecule has 40 heavy (non-hydrogen) atoms. The third kappa shape index (κ3) is 24.7. The Labute approximate surface area is 249 Å². The van der Waals surface area contributed by atoms with Gasteiger partial charge in [0, 0.05) is 17.4 Å². The van der Waals surface area contributed by atoms with Gasteiger partial charge in [-0.2, -0.15) is 0 Å². The summed E-state index contributed by atoms with van der Waals surface area (Å²) in [5.74, 6) is -2.46. The highest BCUT2D eigenvalue weighted by Gasteiger charge is 2.31. The summed E-state index contributed by atoms with van der Waals surface area (Å²) in [4.78, 5) is 23.5. The van der Waals surface area contributed by atoms with Crippen LogP contribution >= 0.6 is 0 Å². The molecule has 0 amide bonds. The van der Waals surface area contributed by atoms with Crippen molar-refractivity contribution in [1.82, 2.24) is 0 Å². The summed E-state index contributed by atoms with van der Waals surface area (Å²) >= 11 is 0. The lowest BCUT2D eigenvalue weighted by atomic mass is 9.75. The van der Waals surface area contributed by atoms with Crippen molar-refractivity contribution in [2.24, 2.45) is 5.41 Å². The molecule has 0 bridgehead atoms. The van der Waals surface area contributed by atoms with E-state index >= 15 is 0 Å². The van der Waals surface area contributed by atoms with Gasteiger partial charge in [0.05, 0.1) is 0 Å². The van der Waals surface area contributed by atoms with Gasteiger partial charge in [0.2, 0.25) is 0 Å². The molecule has 0 aromatic carbocycles. The fourth-order valence-electron chi connectivity index (χ4n) is 6.17. The standard InChI is InChI=1S/C36H70O4/c1-3-5-7-9-11-13-15-17-19-21-23-25-27-29-31-36(35(39)40,33-34(37)38)32-30-28-26-24-22-20-18-16-14-12-10-8-6-4-2/h3-33H2,1-2H3,(H,37,38)(H,39,40)/p-2. The predicted octanol–water partition coefficient (Wildman–Crippen LogP) is 9.61. The second kappa shape index (κ2) is 29.4. The zero-order chi connectivity index (χ0) is 29.6. The quantitative estimate of drug-likeness (QED) is 0.0743. The second-order valence-corrected chi connectivity index (χ2v) is 12.8. The van der Waals surface area contributed by atoms with Crippen LogP contribution < -0.4 is 10.2 Å². The zero-order valence-electron chi connectivity index (χ0n) is 27.1. The Morgan fingerprint density at radius 3 is 0.825 bits per heavy atom. The highest BCUT2D eigenvalue weighted by molar-refractivity contribution is 5.79. The maximum absolute atomic E-state index is 12.1. The van der Waals surface area contributed by atoms with E-state index in [0.717, 1.165) is 38.5 Å². The largest absolute Gasteiger partial charge is 0.550 e. The molecule has 0 aromatic heterocycles. The molecule has 0 atom stereocenters. The molecule has 238 valence electrons. The van der Waals surface area contributed by atoms with Crippen molar-refractivity contribution in [3.05, 3.63) is 0 Å². The van der Waals surface area contributed by atoms with E-state index in [0.29, 0.717) is 12.8 Å². The Balaban J connectivity index is 3.94. The number of carbonyl (C=O) groups excluding carboxylic acids is 2. The van der Waals surface area contributed by atoms with E-state index < -0.39 is 23.8 Å². The van der Waals surface area contributed by atoms with Crippen LogP contribution in [0.4, 0.5) is 0 Å². The Hall–Kier alpha value is -1.06. The number of carboxylic acids is 2. The first-order valence-corrected chi connectivity index (χ1v) is 17.9. The average Bonchev–Trinajstić information content (AvgIpc) is 2.92. The van der Waals surface area contributed by atoms with Crippen LogP contribution in [0.15, 0.2) is 0 Å². The van der Waals surface area contributed by atoms with Crippen molar-refractivity contribution in [3.8, 4) is 0 Å². The van der Waals surface area contributed by atoms with Gasteiger partial charge in [0.15, 0.2) is 0 Å². The lowest BCUT2D eigenvalue weighted by Crippen LogP contribution is -2.46. The molecule has 0 N–H and O–H groups in total. The summed E-state index contributed by atoms with van der Waals surface area (Å²) in [5.41, 5.74) is -1.26. The minimum atomic E-state index is -1.26. The number of aliphatic carboxylic acids is 2. The summed E-state index contributed by atoms with van der Waals surface area (Å²) in [6.45, 7) is 4.52. The minimum absolute atomic E-state index is 0.403. The van der Waals surface area contributed by atoms with Crippen LogP contribution in [0.3, 0.4) is 0 Å². The normalized spacial score (nSPS) is 11.8. The average molecular weight is 565 g/mol. The molecule has 0 radical (unpaired) electrons. The SMILES string of the molecule is CCCCCCCCCCCCCCCCC(CCCCCCCCCCCCCCCC)(CC(=O)[O-])C(=O)[O-]. The molecular weight excluding hydrogens is 496 g/mol. The van der Waals surface area contributed by atoms with E-state index in [1.54, 1.807) is 0 Å². The maximum Gasteiger partial charge on any atom is 0.0479 e. The van der Waals surface area contributed by atoms with Crippen LogP contribution in [0.5, 0.6) is 0 Å². The van der Waals surface area contributed by atoms with Crippen LogP contribution in [-0.4, -0.2) is 11.9 Å². The molecule has 0 aliphatic heterocycles. The number of carboxylic acid groups (broad SMARTS) is 2. The Kier molecular flexibility index (Phi) is 28.7. The van der Waals surface area contributed by atoms with Crippen molar-refractivity contribution in [1.29, 1.82) is 0 Å². The summed E-state index contributed by atoms with van der Waals surface area (Å²) in [6.07, 6.45) is 35.3. The van der Waals surface area contributed by atoms with E-state index in [9.17, 15) is 19.8 Å². The number of hydrogen-bond acceptors (Lipinski definition) is 4. The first-order valence-electron chi connectivity index (χ1n) is 17.9. The molecule has 0 unspecified atom stereocenters. The van der Waals surface area contributed by atoms with Gasteiger partial charge >= 0.3 is 0 Å². The molecule has 4 heteroatoms. The molecular formula is C36H68O4-2.